The van der Waals surface area contributed by atoms with E-state index in [1.165, 1.54) is 13.2 Å². The molecule has 0 saturated heterocycles. The van der Waals surface area contributed by atoms with E-state index in [1.54, 1.807) is 24.3 Å². The summed E-state index contributed by atoms with van der Waals surface area (Å²) in [5.41, 5.74) is 0.0739. The number of fused-ring (bicyclic) bond motifs is 2. The van der Waals surface area contributed by atoms with Crippen molar-refractivity contribution < 1.29 is 19.0 Å². The Hall–Kier alpha value is -3.27. The third kappa shape index (κ3) is 2.74. The highest BCUT2D eigenvalue weighted by Gasteiger charge is 2.15. The van der Waals surface area contributed by atoms with Crippen LogP contribution < -0.4 is 15.0 Å². The van der Waals surface area contributed by atoms with Crippen molar-refractivity contribution in [1.82, 2.24) is 4.98 Å². The summed E-state index contributed by atoms with van der Waals surface area (Å²) in [7, 11) is 1.17. The molecule has 1 aliphatic heterocycles. The molecule has 2 heterocycles. The van der Waals surface area contributed by atoms with Gasteiger partial charge >= 0.3 is 5.97 Å². The van der Waals surface area contributed by atoms with E-state index in [0.29, 0.717) is 35.6 Å². The van der Waals surface area contributed by atoms with Gasteiger partial charge in [0.1, 0.15) is 24.9 Å². The minimum absolute atomic E-state index is 0.177. The van der Waals surface area contributed by atoms with E-state index in [4.69, 9.17) is 14.7 Å². The lowest BCUT2D eigenvalue weighted by Gasteiger charge is -2.18. The summed E-state index contributed by atoms with van der Waals surface area (Å²) in [6, 6.07) is 6.71. The number of rotatable bonds is 2. The van der Waals surface area contributed by atoms with E-state index in [9.17, 15) is 9.59 Å². The van der Waals surface area contributed by atoms with Crippen LogP contribution >= 0.6 is 0 Å². The molecule has 23 heavy (non-hydrogen) atoms. The van der Waals surface area contributed by atoms with E-state index in [1.807, 2.05) is 0 Å². The predicted molar refractivity (Wildman–Crippen MR) is 81.2 cm³/mol. The summed E-state index contributed by atoms with van der Waals surface area (Å²) in [6.45, 7) is 0.907. The SMILES string of the molecule is COC(=O)C(C#N)=Cc1cc2cc3c(cc2[nH]c1=O)OCCO3. The second-order valence-electron chi connectivity index (χ2n) is 4.80. The largest absolute Gasteiger partial charge is 0.486 e. The monoisotopic (exact) mass is 312 g/mol. The van der Waals surface area contributed by atoms with Gasteiger partial charge in [0.15, 0.2) is 11.5 Å². The Kier molecular flexibility index (Phi) is 3.73. The van der Waals surface area contributed by atoms with Crippen LogP contribution in [-0.2, 0) is 9.53 Å². The van der Waals surface area contributed by atoms with E-state index in [2.05, 4.69) is 9.72 Å². The average Bonchev–Trinajstić information content (AvgIpc) is 2.57. The Labute approximate surface area is 130 Å². The van der Waals surface area contributed by atoms with Gasteiger partial charge in [-0.25, -0.2) is 4.79 Å². The summed E-state index contributed by atoms with van der Waals surface area (Å²) in [5, 5.41) is 9.68. The van der Waals surface area contributed by atoms with Crippen molar-refractivity contribution in [2.75, 3.05) is 20.3 Å². The molecule has 7 heteroatoms. The minimum atomic E-state index is -0.797. The first-order valence-electron chi connectivity index (χ1n) is 6.79. The summed E-state index contributed by atoms with van der Waals surface area (Å²) >= 11 is 0. The van der Waals surface area contributed by atoms with Gasteiger partial charge in [0.2, 0.25) is 0 Å². The smallest absolute Gasteiger partial charge is 0.348 e. The zero-order valence-electron chi connectivity index (χ0n) is 12.2. The molecule has 1 N–H and O–H groups in total. The fraction of sp³-hybridized carbons (Fsp3) is 0.188. The van der Waals surface area contributed by atoms with Gasteiger partial charge in [0.05, 0.1) is 12.6 Å². The zero-order chi connectivity index (χ0) is 16.4. The molecule has 0 atom stereocenters. The molecule has 7 nitrogen and oxygen atoms in total. The van der Waals surface area contributed by atoms with Crippen molar-refractivity contribution in [3.63, 3.8) is 0 Å². The molecule has 0 radical (unpaired) electrons. The number of aromatic nitrogens is 1. The molecule has 1 aliphatic rings. The highest BCUT2D eigenvalue weighted by Crippen LogP contribution is 2.33. The molecule has 0 unspecified atom stereocenters. The highest BCUT2D eigenvalue weighted by molar-refractivity contribution is 5.98. The second-order valence-corrected chi connectivity index (χ2v) is 4.80. The number of aromatic amines is 1. The summed E-state index contributed by atoms with van der Waals surface area (Å²) < 4.78 is 15.5. The molecule has 1 aromatic carbocycles. The molecule has 0 aliphatic carbocycles. The van der Waals surface area contributed by atoms with Gasteiger partial charge in [-0.15, -0.1) is 0 Å². The molecule has 2 aromatic rings. The van der Waals surface area contributed by atoms with Gasteiger partial charge in [-0.2, -0.15) is 5.26 Å². The van der Waals surface area contributed by atoms with Gasteiger partial charge in [-0.1, -0.05) is 0 Å². The Morgan fingerprint density at radius 1 is 1.30 bits per heavy atom. The number of nitrogens with zero attached hydrogens (tertiary/aromatic N) is 1. The van der Waals surface area contributed by atoms with Crippen molar-refractivity contribution in [3.8, 4) is 17.6 Å². The summed E-state index contributed by atoms with van der Waals surface area (Å²) in [4.78, 5) is 26.3. The van der Waals surface area contributed by atoms with Crippen LogP contribution in [0.25, 0.3) is 17.0 Å². The number of pyridine rings is 1. The number of hydrogen-bond donors (Lipinski definition) is 1. The van der Waals surface area contributed by atoms with Crippen LogP contribution in [-0.4, -0.2) is 31.3 Å². The summed E-state index contributed by atoms with van der Waals surface area (Å²) in [5.74, 6) is 0.350. The lowest BCUT2D eigenvalue weighted by molar-refractivity contribution is -0.135. The van der Waals surface area contributed by atoms with Crippen LogP contribution in [0.2, 0.25) is 0 Å². The van der Waals surface area contributed by atoms with Crippen LogP contribution in [0, 0.1) is 11.3 Å². The number of carbonyl (C=O) groups excluding carboxylic acids is 1. The van der Waals surface area contributed by atoms with Crippen molar-refractivity contribution in [1.29, 1.82) is 5.26 Å². The third-order valence-electron chi connectivity index (χ3n) is 3.36. The van der Waals surface area contributed by atoms with Crippen molar-refractivity contribution in [3.05, 3.63) is 39.7 Å². The van der Waals surface area contributed by atoms with Gasteiger partial charge in [0, 0.05) is 17.0 Å². The Morgan fingerprint density at radius 2 is 2.00 bits per heavy atom. The number of H-pyrrole nitrogens is 1. The van der Waals surface area contributed by atoms with E-state index in [0.717, 1.165) is 0 Å². The van der Waals surface area contributed by atoms with Crippen LogP contribution in [0.1, 0.15) is 5.56 Å². The first-order chi connectivity index (χ1) is 11.1. The van der Waals surface area contributed by atoms with Gasteiger partial charge in [-0.3, -0.25) is 4.79 Å². The maximum Gasteiger partial charge on any atom is 0.348 e. The fourth-order valence-electron chi connectivity index (χ4n) is 2.27. The highest BCUT2D eigenvalue weighted by atomic mass is 16.6. The molecule has 0 saturated carbocycles. The Morgan fingerprint density at radius 3 is 2.65 bits per heavy atom. The molecule has 0 fully saturated rings. The van der Waals surface area contributed by atoms with Crippen molar-refractivity contribution in [2.45, 2.75) is 0 Å². The van der Waals surface area contributed by atoms with Gasteiger partial charge in [0.25, 0.3) is 5.56 Å². The lowest BCUT2D eigenvalue weighted by atomic mass is 10.1. The average molecular weight is 312 g/mol. The maximum atomic E-state index is 12.1. The molecule has 116 valence electrons. The predicted octanol–water partition coefficient (Wildman–Crippen LogP) is 1.38. The standard InChI is InChI=1S/C16H12N2O5/c1-21-16(20)11(8-17)5-10-4-9-6-13-14(23-3-2-22-13)7-12(9)18-15(10)19/h4-7H,2-3H2,1H3,(H,18,19). The molecular formula is C16H12N2O5. The Bertz CT molecular complexity index is 920. The minimum Gasteiger partial charge on any atom is -0.486 e. The number of nitrogens with one attached hydrogen (secondary N) is 1. The number of nitriles is 1. The second kappa shape index (κ2) is 5.85. The number of methoxy groups -OCH3 is 1. The van der Waals surface area contributed by atoms with Gasteiger partial charge in [-0.05, 0) is 18.2 Å². The number of hydrogen-bond acceptors (Lipinski definition) is 6. The maximum absolute atomic E-state index is 12.1. The number of esters is 1. The third-order valence-corrected chi connectivity index (χ3v) is 3.36. The van der Waals surface area contributed by atoms with E-state index < -0.39 is 11.5 Å². The quantitative estimate of drug-likeness (QED) is 0.510. The normalized spacial score (nSPS) is 13.5. The first-order valence-corrected chi connectivity index (χ1v) is 6.79. The van der Waals surface area contributed by atoms with Gasteiger partial charge < -0.3 is 19.2 Å². The first kappa shape index (κ1) is 14.7. The van der Waals surface area contributed by atoms with Crippen LogP contribution in [0.3, 0.4) is 0 Å². The summed E-state index contributed by atoms with van der Waals surface area (Å²) in [6.07, 6.45) is 1.20. The lowest BCUT2D eigenvalue weighted by Crippen LogP contribution is -2.16. The van der Waals surface area contributed by atoms with Crippen LogP contribution in [0.5, 0.6) is 11.5 Å². The van der Waals surface area contributed by atoms with Crippen molar-refractivity contribution >= 4 is 22.9 Å². The number of carbonyl (C=O) groups is 1. The van der Waals surface area contributed by atoms with Crippen molar-refractivity contribution in [2.24, 2.45) is 0 Å². The topological polar surface area (TPSA) is 101 Å². The zero-order valence-corrected chi connectivity index (χ0v) is 12.2. The molecule has 0 spiro atoms. The van der Waals surface area contributed by atoms with Crippen LogP contribution in [0.15, 0.2) is 28.6 Å². The van der Waals surface area contributed by atoms with E-state index >= 15 is 0 Å². The molecule has 3 rings (SSSR count). The number of benzene rings is 1. The molecular weight excluding hydrogens is 300 g/mol. The molecule has 1 aromatic heterocycles. The Balaban J connectivity index is 2.14. The number of ether oxygens (including phenoxy) is 3. The van der Waals surface area contributed by atoms with Crippen LogP contribution in [0.4, 0.5) is 0 Å². The molecule has 0 bridgehead atoms. The van der Waals surface area contributed by atoms with E-state index in [-0.39, 0.29) is 11.1 Å². The molecule has 0 amide bonds. The fourth-order valence-corrected chi connectivity index (χ4v) is 2.27.